The van der Waals surface area contributed by atoms with E-state index in [2.05, 4.69) is 12.1 Å². The first-order valence-corrected chi connectivity index (χ1v) is 10.4. The molecule has 28 heavy (non-hydrogen) atoms. The van der Waals surface area contributed by atoms with Crippen LogP contribution in [0.25, 0.3) is 0 Å². The van der Waals surface area contributed by atoms with Gasteiger partial charge in [0.2, 0.25) is 5.91 Å². The summed E-state index contributed by atoms with van der Waals surface area (Å²) in [6.45, 7) is 2.57. The molecule has 2 aliphatic heterocycles. The van der Waals surface area contributed by atoms with Gasteiger partial charge in [-0.25, -0.2) is 0 Å². The zero-order chi connectivity index (χ0) is 18.8. The third kappa shape index (κ3) is 3.95. The van der Waals surface area contributed by atoms with Gasteiger partial charge in [-0.2, -0.15) is 0 Å². The Labute approximate surface area is 175 Å². The third-order valence-corrected chi connectivity index (χ3v) is 6.67. The molecule has 1 aromatic carbocycles. The topological polar surface area (TPSA) is 66.6 Å². The van der Waals surface area contributed by atoms with Crippen molar-refractivity contribution >= 4 is 35.6 Å². The Morgan fingerprint density at radius 3 is 2.57 bits per heavy atom. The summed E-state index contributed by atoms with van der Waals surface area (Å²) >= 11 is 1.43. The summed E-state index contributed by atoms with van der Waals surface area (Å²) in [7, 11) is 0. The number of halogens is 1. The number of carbonyl (C=O) groups is 2. The van der Waals surface area contributed by atoms with E-state index in [0.29, 0.717) is 31.1 Å². The number of amides is 2. The molecule has 0 saturated carbocycles. The van der Waals surface area contributed by atoms with E-state index in [4.69, 9.17) is 5.73 Å². The van der Waals surface area contributed by atoms with E-state index < -0.39 is 0 Å². The minimum absolute atomic E-state index is 0. The zero-order valence-corrected chi connectivity index (χ0v) is 17.3. The Morgan fingerprint density at radius 2 is 1.89 bits per heavy atom. The highest BCUT2D eigenvalue weighted by molar-refractivity contribution is 7.12. The maximum atomic E-state index is 13.3. The van der Waals surface area contributed by atoms with Crippen molar-refractivity contribution in [1.82, 2.24) is 9.80 Å². The largest absolute Gasteiger partial charge is 0.340 e. The quantitative estimate of drug-likeness (QED) is 0.828. The second-order valence-corrected chi connectivity index (χ2v) is 8.34. The van der Waals surface area contributed by atoms with Crippen LogP contribution in [0.15, 0.2) is 47.8 Å². The van der Waals surface area contributed by atoms with Crippen molar-refractivity contribution in [2.24, 2.45) is 11.7 Å². The maximum Gasteiger partial charge on any atom is 0.264 e. The molecule has 0 aliphatic carbocycles. The molecule has 2 aliphatic rings. The molecule has 2 fully saturated rings. The van der Waals surface area contributed by atoms with Crippen LogP contribution in [0.3, 0.4) is 0 Å². The molecule has 3 heterocycles. The summed E-state index contributed by atoms with van der Waals surface area (Å²) in [5.74, 6) is 0.589. The molecule has 2 N–H and O–H groups in total. The van der Waals surface area contributed by atoms with Crippen molar-refractivity contribution in [1.29, 1.82) is 0 Å². The minimum Gasteiger partial charge on any atom is -0.340 e. The van der Waals surface area contributed by atoms with Crippen LogP contribution in [0.1, 0.15) is 34.0 Å². The van der Waals surface area contributed by atoms with Gasteiger partial charge in [0.25, 0.3) is 5.91 Å². The van der Waals surface area contributed by atoms with Crippen molar-refractivity contribution in [2.45, 2.75) is 24.8 Å². The first kappa shape index (κ1) is 20.8. The minimum atomic E-state index is -0.340. The van der Waals surface area contributed by atoms with Crippen LogP contribution in [-0.2, 0) is 4.79 Å². The standard InChI is InChI=1S/C21H25N3O2S.ClH/c22-12-16-13-23(14-17(16)15-6-2-1-3-7-15)20(25)18-8-4-10-24(18)21(26)19-9-5-11-27-19;/h1-3,5-7,9,11,16-18H,4,8,10,12-14,22H2;1H/t16-,17+,18?;/m1./s1. The summed E-state index contributed by atoms with van der Waals surface area (Å²) in [5, 5.41) is 1.90. The molecule has 4 rings (SSSR count). The van der Waals surface area contributed by atoms with Gasteiger partial charge in [0.15, 0.2) is 0 Å². The van der Waals surface area contributed by atoms with E-state index in [0.717, 1.165) is 12.8 Å². The molecule has 7 heteroatoms. The second-order valence-electron chi connectivity index (χ2n) is 7.39. The fourth-order valence-corrected chi connectivity index (χ4v) is 5.07. The smallest absolute Gasteiger partial charge is 0.264 e. The molecular weight excluding hydrogens is 394 g/mol. The predicted octanol–water partition coefficient (Wildman–Crippen LogP) is 2.98. The van der Waals surface area contributed by atoms with E-state index in [1.165, 1.54) is 16.9 Å². The van der Waals surface area contributed by atoms with Crippen LogP contribution in [0.2, 0.25) is 0 Å². The first-order valence-electron chi connectivity index (χ1n) is 9.57. The highest BCUT2D eigenvalue weighted by Crippen LogP contribution is 2.34. The number of nitrogens with two attached hydrogens (primary N) is 1. The average molecular weight is 420 g/mol. The van der Waals surface area contributed by atoms with Gasteiger partial charge in [-0.3, -0.25) is 9.59 Å². The van der Waals surface area contributed by atoms with E-state index >= 15 is 0 Å². The van der Waals surface area contributed by atoms with Crippen molar-refractivity contribution in [3.63, 3.8) is 0 Å². The van der Waals surface area contributed by atoms with Crippen LogP contribution in [-0.4, -0.2) is 53.8 Å². The fraction of sp³-hybridized carbons (Fsp3) is 0.429. The lowest BCUT2D eigenvalue weighted by Gasteiger charge is -2.27. The van der Waals surface area contributed by atoms with Gasteiger partial charge in [-0.05, 0) is 42.3 Å². The van der Waals surface area contributed by atoms with Crippen LogP contribution in [0, 0.1) is 5.92 Å². The van der Waals surface area contributed by atoms with E-state index in [1.54, 1.807) is 4.90 Å². The Morgan fingerprint density at radius 1 is 1.11 bits per heavy atom. The molecule has 2 amide bonds. The van der Waals surface area contributed by atoms with Gasteiger partial charge in [0, 0.05) is 25.6 Å². The van der Waals surface area contributed by atoms with Gasteiger partial charge < -0.3 is 15.5 Å². The Bertz CT molecular complexity index is 799. The summed E-state index contributed by atoms with van der Waals surface area (Å²) in [5.41, 5.74) is 7.25. The SMILES string of the molecule is Cl.NC[C@@H]1CN(C(=O)C2CCCN2C(=O)c2cccs2)C[C@H]1c1ccccc1. The normalized spacial score (nSPS) is 24.2. The number of likely N-dealkylation sites (tertiary alicyclic amines) is 2. The molecule has 1 aromatic heterocycles. The number of hydrogen-bond donors (Lipinski definition) is 1. The van der Waals surface area contributed by atoms with Gasteiger partial charge in [0.05, 0.1) is 4.88 Å². The average Bonchev–Trinajstić information content (AvgIpc) is 3.47. The number of thiophene rings is 1. The highest BCUT2D eigenvalue weighted by atomic mass is 35.5. The lowest BCUT2D eigenvalue weighted by Crippen LogP contribution is -2.47. The molecule has 1 unspecified atom stereocenters. The molecule has 2 saturated heterocycles. The fourth-order valence-electron chi connectivity index (χ4n) is 4.39. The number of nitrogens with zero attached hydrogens (tertiary/aromatic N) is 2. The molecule has 0 bridgehead atoms. The molecule has 5 nitrogen and oxygen atoms in total. The van der Waals surface area contributed by atoms with Crippen LogP contribution in [0.5, 0.6) is 0 Å². The summed E-state index contributed by atoms with van der Waals surface area (Å²) in [6, 6.07) is 13.7. The van der Waals surface area contributed by atoms with Crippen molar-refractivity contribution in [3.05, 3.63) is 58.3 Å². The second kappa shape index (κ2) is 9.07. The van der Waals surface area contributed by atoms with Crippen LogP contribution < -0.4 is 5.73 Å². The van der Waals surface area contributed by atoms with Gasteiger partial charge in [-0.15, -0.1) is 23.7 Å². The third-order valence-electron chi connectivity index (χ3n) is 5.81. The Balaban J connectivity index is 0.00000225. The van der Waals surface area contributed by atoms with Crippen LogP contribution >= 0.6 is 23.7 Å². The summed E-state index contributed by atoms with van der Waals surface area (Å²) < 4.78 is 0. The van der Waals surface area contributed by atoms with E-state index in [9.17, 15) is 9.59 Å². The molecule has 150 valence electrons. The van der Waals surface area contributed by atoms with E-state index in [-0.39, 0.29) is 42.1 Å². The molecule has 2 aromatic rings. The number of benzene rings is 1. The lowest BCUT2D eigenvalue weighted by atomic mass is 9.89. The number of carbonyl (C=O) groups excluding carboxylic acids is 2. The first-order chi connectivity index (χ1) is 13.2. The van der Waals surface area contributed by atoms with Gasteiger partial charge in [-0.1, -0.05) is 36.4 Å². The number of rotatable bonds is 4. The van der Waals surface area contributed by atoms with Crippen molar-refractivity contribution in [2.75, 3.05) is 26.2 Å². The maximum absolute atomic E-state index is 13.3. The Hall–Kier alpha value is -1.89. The molecule has 0 radical (unpaired) electrons. The molecule has 3 atom stereocenters. The molecular formula is C21H26ClN3O2S. The zero-order valence-electron chi connectivity index (χ0n) is 15.7. The summed E-state index contributed by atoms with van der Waals surface area (Å²) in [4.78, 5) is 30.5. The van der Waals surface area contributed by atoms with Crippen LogP contribution in [0.4, 0.5) is 0 Å². The Kier molecular flexibility index (Phi) is 6.75. The molecule has 0 spiro atoms. The monoisotopic (exact) mass is 419 g/mol. The van der Waals surface area contributed by atoms with Gasteiger partial charge in [0.1, 0.15) is 6.04 Å². The van der Waals surface area contributed by atoms with Gasteiger partial charge >= 0.3 is 0 Å². The lowest BCUT2D eigenvalue weighted by molar-refractivity contribution is -0.134. The predicted molar refractivity (Wildman–Crippen MR) is 114 cm³/mol. The van der Waals surface area contributed by atoms with Crippen molar-refractivity contribution < 1.29 is 9.59 Å². The van der Waals surface area contributed by atoms with Crippen molar-refractivity contribution in [3.8, 4) is 0 Å². The highest BCUT2D eigenvalue weighted by Gasteiger charge is 2.42. The summed E-state index contributed by atoms with van der Waals surface area (Å²) in [6.07, 6.45) is 1.62. The number of hydrogen-bond acceptors (Lipinski definition) is 4. The van der Waals surface area contributed by atoms with E-state index in [1.807, 2.05) is 40.6 Å².